The van der Waals surface area contributed by atoms with Crippen molar-refractivity contribution in [1.82, 2.24) is 5.43 Å². The summed E-state index contributed by atoms with van der Waals surface area (Å²) in [5.41, 5.74) is 2.00. The van der Waals surface area contributed by atoms with Crippen LogP contribution < -0.4 is 11.3 Å². The molecule has 0 bridgehead atoms. The number of hydrogen-bond donors (Lipinski definition) is 2. The Kier molecular flexibility index (Phi) is 3.21. The zero-order valence-electron chi connectivity index (χ0n) is 7.70. The van der Waals surface area contributed by atoms with Crippen LogP contribution in [0.4, 0.5) is 0 Å². The van der Waals surface area contributed by atoms with Gasteiger partial charge in [0, 0.05) is 27.1 Å². The highest BCUT2D eigenvalue weighted by atomic mass is 16.8. The number of methoxy groups -OCH3 is 2. The molecule has 13 heavy (non-hydrogen) atoms. The van der Waals surface area contributed by atoms with Gasteiger partial charge in [-0.3, -0.25) is 10.2 Å². The van der Waals surface area contributed by atoms with Gasteiger partial charge in [-0.1, -0.05) is 0 Å². The second kappa shape index (κ2) is 4.01. The van der Waals surface area contributed by atoms with E-state index in [2.05, 4.69) is 0 Å². The third-order valence-corrected chi connectivity index (χ3v) is 2.10. The molecule has 1 aliphatic rings. The average Bonchev–Trinajstić information content (AvgIpc) is 2.61. The second-order valence-electron chi connectivity index (χ2n) is 2.75. The number of rotatable bonds is 3. The van der Waals surface area contributed by atoms with Crippen molar-refractivity contribution in [3.05, 3.63) is 0 Å². The maximum atomic E-state index is 11.3. The van der Waals surface area contributed by atoms with Crippen molar-refractivity contribution in [2.45, 2.75) is 24.9 Å². The van der Waals surface area contributed by atoms with Crippen LogP contribution in [-0.4, -0.2) is 32.2 Å². The lowest BCUT2D eigenvalue weighted by molar-refractivity contribution is -0.247. The van der Waals surface area contributed by atoms with Crippen LogP contribution in [0.3, 0.4) is 0 Å². The van der Waals surface area contributed by atoms with Gasteiger partial charge in [-0.05, 0) is 0 Å². The van der Waals surface area contributed by atoms with E-state index in [1.165, 1.54) is 14.2 Å². The van der Waals surface area contributed by atoms with Gasteiger partial charge < -0.3 is 14.2 Å². The molecule has 76 valence electrons. The molecule has 0 aromatic heterocycles. The van der Waals surface area contributed by atoms with E-state index in [0.717, 1.165) is 0 Å². The molecule has 6 heteroatoms. The van der Waals surface area contributed by atoms with Crippen molar-refractivity contribution in [2.24, 2.45) is 5.84 Å². The first-order valence-corrected chi connectivity index (χ1v) is 3.95. The molecule has 1 saturated heterocycles. The molecule has 0 aliphatic carbocycles. The number of nitrogens with one attached hydrogen (secondary N) is 1. The topological polar surface area (TPSA) is 82.8 Å². The van der Waals surface area contributed by atoms with Gasteiger partial charge in [0.2, 0.25) is 0 Å². The fourth-order valence-electron chi connectivity index (χ4n) is 1.32. The van der Waals surface area contributed by atoms with E-state index < -0.39 is 18.0 Å². The molecule has 0 unspecified atom stereocenters. The van der Waals surface area contributed by atoms with E-state index >= 15 is 0 Å². The lowest BCUT2D eigenvalue weighted by Gasteiger charge is -2.24. The number of nitrogens with two attached hydrogens (primary N) is 1. The van der Waals surface area contributed by atoms with Crippen LogP contribution in [0.15, 0.2) is 0 Å². The lowest BCUT2D eigenvalue weighted by Crippen LogP contribution is -2.50. The van der Waals surface area contributed by atoms with Gasteiger partial charge in [0.15, 0.2) is 6.29 Å². The number of hydrazine groups is 1. The Morgan fingerprint density at radius 3 is 2.77 bits per heavy atom. The van der Waals surface area contributed by atoms with Gasteiger partial charge in [0.05, 0.1) is 0 Å². The van der Waals surface area contributed by atoms with E-state index in [0.29, 0.717) is 12.8 Å². The van der Waals surface area contributed by atoms with E-state index in [-0.39, 0.29) is 0 Å². The van der Waals surface area contributed by atoms with E-state index in [4.69, 9.17) is 20.1 Å². The molecule has 1 aliphatic heterocycles. The third-order valence-electron chi connectivity index (χ3n) is 2.10. The highest BCUT2D eigenvalue weighted by Gasteiger charge is 2.47. The van der Waals surface area contributed by atoms with E-state index in [9.17, 15) is 4.79 Å². The fourth-order valence-corrected chi connectivity index (χ4v) is 1.32. The molecule has 1 heterocycles. The first kappa shape index (κ1) is 10.4. The minimum atomic E-state index is -1.28. The van der Waals surface area contributed by atoms with Crippen molar-refractivity contribution < 1.29 is 19.0 Å². The van der Waals surface area contributed by atoms with Gasteiger partial charge in [-0.15, -0.1) is 0 Å². The quantitative estimate of drug-likeness (QED) is 0.342. The Morgan fingerprint density at radius 1 is 1.69 bits per heavy atom. The zero-order chi connectivity index (χ0) is 9.90. The summed E-state index contributed by atoms with van der Waals surface area (Å²) in [4.78, 5) is 11.3. The van der Waals surface area contributed by atoms with Crippen LogP contribution in [0.25, 0.3) is 0 Å². The lowest BCUT2D eigenvalue weighted by atomic mass is 10.2. The molecular weight excluding hydrogens is 176 g/mol. The normalized spacial score (nSPS) is 33.3. The summed E-state index contributed by atoms with van der Waals surface area (Å²) in [5.74, 6) is 3.23. The number of carbonyl (C=O) groups excluding carboxylic acids is 1. The monoisotopic (exact) mass is 190 g/mol. The largest absolute Gasteiger partial charge is 0.356 e. The van der Waals surface area contributed by atoms with Crippen molar-refractivity contribution in [3.8, 4) is 0 Å². The summed E-state index contributed by atoms with van der Waals surface area (Å²) < 4.78 is 15.2. The van der Waals surface area contributed by atoms with E-state index in [1.807, 2.05) is 5.43 Å². The third kappa shape index (κ3) is 1.80. The first-order valence-electron chi connectivity index (χ1n) is 3.95. The second-order valence-corrected chi connectivity index (χ2v) is 2.75. The van der Waals surface area contributed by atoms with Gasteiger partial charge >= 0.3 is 0 Å². The summed E-state index contributed by atoms with van der Waals surface area (Å²) in [5, 5.41) is 0. The summed E-state index contributed by atoms with van der Waals surface area (Å²) in [6, 6.07) is 0. The Balaban J connectivity index is 2.67. The van der Waals surface area contributed by atoms with Gasteiger partial charge in [-0.2, -0.15) is 0 Å². The maximum absolute atomic E-state index is 11.3. The average molecular weight is 190 g/mol. The van der Waals surface area contributed by atoms with Crippen molar-refractivity contribution in [2.75, 3.05) is 14.2 Å². The summed E-state index contributed by atoms with van der Waals surface area (Å²) >= 11 is 0. The minimum absolute atomic E-state index is 0.405. The number of carbonyl (C=O) groups is 1. The standard InChI is InChI=1S/C7H14N2O4/c1-11-5-3-4-7(12-2,13-5)6(10)9-8/h5H,3-4,8H2,1-2H3,(H,9,10)/t5-,7+/m1/s1. The van der Waals surface area contributed by atoms with Crippen LogP contribution in [0.2, 0.25) is 0 Å². The molecular formula is C7H14N2O4. The van der Waals surface area contributed by atoms with Crippen LogP contribution >= 0.6 is 0 Å². The van der Waals surface area contributed by atoms with Gasteiger partial charge in [0.25, 0.3) is 11.7 Å². The molecule has 1 fully saturated rings. The molecule has 0 saturated carbocycles. The highest BCUT2D eigenvalue weighted by molar-refractivity contribution is 5.83. The molecule has 3 N–H and O–H groups in total. The van der Waals surface area contributed by atoms with Gasteiger partial charge in [0.1, 0.15) is 0 Å². The smallest absolute Gasteiger partial charge is 0.294 e. The van der Waals surface area contributed by atoms with Crippen LogP contribution in [0.1, 0.15) is 12.8 Å². The summed E-state index contributed by atoms with van der Waals surface area (Å²) in [6.45, 7) is 0. The minimum Gasteiger partial charge on any atom is -0.356 e. The van der Waals surface area contributed by atoms with E-state index in [1.54, 1.807) is 0 Å². The molecule has 6 nitrogen and oxygen atoms in total. The number of hydrogen-bond acceptors (Lipinski definition) is 5. The van der Waals surface area contributed by atoms with Gasteiger partial charge in [-0.25, -0.2) is 5.84 Å². The van der Waals surface area contributed by atoms with Crippen LogP contribution in [0.5, 0.6) is 0 Å². The predicted octanol–water partition coefficient (Wildman–Crippen LogP) is -0.898. The molecule has 1 amide bonds. The molecule has 0 aromatic carbocycles. The number of ether oxygens (including phenoxy) is 3. The zero-order valence-corrected chi connectivity index (χ0v) is 7.70. The van der Waals surface area contributed by atoms with Crippen LogP contribution in [-0.2, 0) is 19.0 Å². The Bertz CT molecular complexity index is 199. The fraction of sp³-hybridized carbons (Fsp3) is 0.857. The number of amides is 1. The SMILES string of the molecule is CO[C@H]1CC[C@@](OC)(C(=O)NN)O1. The van der Waals surface area contributed by atoms with Crippen molar-refractivity contribution in [3.63, 3.8) is 0 Å². The molecule has 0 radical (unpaired) electrons. The molecule has 1 rings (SSSR count). The Labute approximate surface area is 76.3 Å². The summed E-state index contributed by atoms with van der Waals surface area (Å²) in [7, 11) is 2.91. The Hall–Kier alpha value is -0.690. The van der Waals surface area contributed by atoms with Crippen LogP contribution in [0, 0.1) is 0 Å². The maximum Gasteiger partial charge on any atom is 0.294 e. The predicted molar refractivity (Wildman–Crippen MR) is 43.2 cm³/mol. The summed E-state index contributed by atoms with van der Waals surface area (Å²) in [6.07, 6.45) is 0.639. The highest BCUT2D eigenvalue weighted by Crippen LogP contribution is 2.31. The Morgan fingerprint density at radius 2 is 2.38 bits per heavy atom. The van der Waals surface area contributed by atoms with Crippen molar-refractivity contribution in [1.29, 1.82) is 0 Å². The molecule has 2 atom stereocenters. The first-order chi connectivity index (χ1) is 6.18. The van der Waals surface area contributed by atoms with Crippen molar-refractivity contribution >= 4 is 5.91 Å². The molecule has 0 spiro atoms. The molecule has 0 aromatic rings.